The van der Waals surface area contributed by atoms with E-state index in [4.69, 9.17) is 10.5 Å². The second-order valence-electron chi connectivity index (χ2n) is 3.09. The van der Waals surface area contributed by atoms with Gasteiger partial charge in [0.15, 0.2) is 0 Å². The van der Waals surface area contributed by atoms with E-state index in [0.29, 0.717) is 11.5 Å². The van der Waals surface area contributed by atoms with Crippen LogP contribution in [0.25, 0.3) is 0 Å². The summed E-state index contributed by atoms with van der Waals surface area (Å²) < 4.78 is 0. The van der Waals surface area contributed by atoms with Crippen molar-refractivity contribution in [1.29, 1.82) is 10.5 Å². The molecule has 1 aliphatic carbocycles. The highest BCUT2D eigenvalue weighted by atomic mass is 14.3. The number of nitrogens with zero attached hydrogens (tertiary/aromatic N) is 2. The van der Waals surface area contributed by atoms with Crippen LogP contribution in [-0.2, 0) is 0 Å². The average Bonchev–Trinajstić information content (AvgIpc) is 2.08. The minimum absolute atomic E-state index is 0.318. The molecular weight excluding hydrogens is 148 g/mol. The summed E-state index contributed by atoms with van der Waals surface area (Å²) in [5, 5.41) is 17.5. The molecule has 2 nitrogen and oxygen atoms in total. The minimum Gasteiger partial charge on any atom is -0.193 e. The lowest BCUT2D eigenvalue weighted by atomic mass is 9.87. The molecule has 0 saturated carbocycles. The van der Waals surface area contributed by atoms with Crippen LogP contribution in [0.4, 0.5) is 0 Å². The summed E-state index contributed by atoms with van der Waals surface area (Å²) in [6.07, 6.45) is 2.70. The summed E-state index contributed by atoms with van der Waals surface area (Å²) in [6, 6.07) is 4.24. The quantitative estimate of drug-likeness (QED) is 0.543. The van der Waals surface area contributed by atoms with E-state index in [0.717, 1.165) is 17.6 Å². The molecule has 0 aromatic heterocycles. The van der Waals surface area contributed by atoms with E-state index in [1.807, 2.05) is 19.9 Å². The molecule has 0 saturated heterocycles. The third-order valence-corrected chi connectivity index (χ3v) is 2.09. The molecule has 0 N–H and O–H groups in total. The lowest BCUT2D eigenvalue weighted by Crippen LogP contribution is -2.03. The van der Waals surface area contributed by atoms with Crippen LogP contribution in [0.1, 0.15) is 20.3 Å². The van der Waals surface area contributed by atoms with Crippen molar-refractivity contribution >= 4 is 0 Å². The summed E-state index contributed by atoms with van der Waals surface area (Å²) in [5.74, 6) is 0.318. The maximum absolute atomic E-state index is 8.75. The molecule has 0 spiro atoms. The van der Waals surface area contributed by atoms with Gasteiger partial charge in [-0.2, -0.15) is 10.5 Å². The predicted octanol–water partition coefficient (Wildman–Crippen LogP) is 2.32. The molecule has 1 unspecified atom stereocenters. The topological polar surface area (TPSA) is 47.6 Å². The Morgan fingerprint density at radius 1 is 1.42 bits per heavy atom. The van der Waals surface area contributed by atoms with Gasteiger partial charge in [0, 0.05) is 5.57 Å². The molecule has 0 amide bonds. The average molecular weight is 158 g/mol. The third kappa shape index (κ3) is 1.38. The normalized spacial score (nSPS) is 22.7. The molecule has 0 heterocycles. The van der Waals surface area contributed by atoms with Crippen LogP contribution in [0.3, 0.4) is 0 Å². The van der Waals surface area contributed by atoms with E-state index in [-0.39, 0.29) is 0 Å². The smallest absolute Gasteiger partial charge is 0.0991 e. The largest absolute Gasteiger partial charge is 0.193 e. The fourth-order valence-corrected chi connectivity index (χ4v) is 1.36. The Bertz CT molecular complexity index is 334. The second kappa shape index (κ2) is 3.24. The first-order valence-electron chi connectivity index (χ1n) is 3.91. The van der Waals surface area contributed by atoms with Crippen LogP contribution in [0.5, 0.6) is 0 Å². The Morgan fingerprint density at radius 3 is 2.58 bits per heavy atom. The number of hydrogen-bond donors (Lipinski definition) is 0. The van der Waals surface area contributed by atoms with Crippen LogP contribution < -0.4 is 0 Å². The summed E-state index contributed by atoms with van der Waals surface area (Å²) >= 11 is 0. The Balaban J connectivity index is 3.12. The Hall–Kier alpha value is -1.54. The van der Waals surface area contributed by atoms with E-state index in [2.05, 4.69) is 12.1 Å². The van der Waals surface area contributed by atoms with E-state index in [1.165, 1.54) is 0 Å². The van der Waals surface area contributed by atoms with Crippen molar-refractivity contribution < 1.29 is 0 Å². The second-order valence-corrected chi connectivity index (χ2v) is 3.09. The van der Waals surface area contributed by atoms with E-state index in [9.17, 15) is 0 Å². The summed E-state index contributed by atoms with van der Waals surface area (Å²) in [4.78, 5) is 0. The highest BCUT2D eigenvalue weighted by Crippen LogP contribution is 2.27. The Morgan fingerprint density at radius 2 is 2.08 bits per heavy atom. The molecule has 0 aromatic rings. The maximum atomic E-state index is 8.75. The predicted molar refractivity (Wildman–Crippen MR) is 45.8 cm³/mol. The van der Waals surface area contributed by atoms with Crippen molar-refractivity contribution in [2.45, 2.75) is 20.3 Å². The number of nitriles is 2. The number of rotatable bonds is 0. The molecule has 60 valence electrons. The molecule has 1 rings (SSSR count). The lowest BCUT2D eigenvalue weighted by molar-refractivity contribution is 0.708. The van der Waals surface area contributed by atoms with Gasteiger partial charge in [-0.25, -0.2) is 0 Å². The Labute approximate surface area is 72.4 Å². The molecular formula is C10H10N2. The van der Waals surface area contributed by atoms with Crippen LogP contribution in [0.2, 0.25) is 0 Å². The van der Waals surface area contributed by atoms with Crippen LogP contribution >= 0.6 is 0 Å². The first kappa shape index (κ1) is 8.56. The SMILES string of the molecule is CC1=C(C#N)CC(C)C=C1C#N. The van der Waals surface area contributed by atoms with Gasteiger partial charge in [0.05, 0.1) is 17.7 Å². The van der Waals surface area contributed by atoms with Gasteiger partial charge in [-0.3, -0.25) is 0 Å². The molecule has 12 heavy (non-hydrogen) atoms. The van der Waals surface area contributed by atoms with Gasteiger partial charge in [-0.1, -0.05) is 13.0 Å². The van der Waals surface area contributed by atoms with Crippen molar-refractivity contribution in [3.8, 4) is 12.1 Å². The molecule has 0 aromatic carbocycles. The number of allylic oxidation sites excluding steroid dienone is 4. The standard InChI is InChI=1S/C10H10N2/c1-7-3-9(5-11)8(2)10(4-7)6-12/h3,7H,4H2,1-2H3. The molecule has 0 radical (unpaired) electrons. The lowest BCUT2D eigenvalue weighted by Gasteiger charge is -2.14. The first-order chi connectivity index (χ1) is 5.69. The van der Waals surface area contributed by atoms with Gasteiger partial charge >= 0.3 is 0 Å². The minimum atomic E-state index is 0.318. The summed E-state index contributed by atoms with van der Waals surface area (Å²) in [7, 11) is 0. The number of hydrogen-bond acceptors (Lipinski definition) is 2. The zero-order valence-electron chi connectivity index (χ0n) is 7.26. The summed E-state index contributed by atoms with van der Waals surface area (Å²) in [6.45, 7) is 3.85. The van der Waals surface area contributed by atoms with Crippen molar-refractivity contribution in [3.05, 3.63) is 22.8 Å². The van der Waals surface area contributed by atoms with Crippen LogP contribution in [0, 0.1) is 28.6 Å². The molecule has 1 atom stereocenters. The molecule has 2 heteroatoms. The van der Waals surface area contributed by atoms with Gasteiger partial charge in [0.1, 0.15) is 0 Å². The highest BCUT2D eigenvalue weighted by Gasteiger charge is 2.15. The van der Waals surface area contributed by atoms with Gasteiger partial charge in [0.2, 0.25) is 0 Å². The van der Waals surface area contributed by atoms with Gasteiger partial charge < -0.3 is 0 Å². The molecule has 0 aliphatic heterocycles. The fourth-order valence-electron chi connectivity index (χ4n) is 1.36. The van der Waals surface area contributed by atoms with Gasteiger partial charge in [0.25, 0.3) is 0 Å². The molecule has 0 fully saturated rings. The fraction of sp³-hybridized carbons (Fsp3) is 0.400. The van der Waals surface area contributed by atoms with Crippen molar-refractivity contribution in [2.24, 2.45) is 5.92 Å². The monoisotopic (exact) mass is 158 g/mol. The van der Waals surface area contributed by atoms with Crippen molar-refractivity contribution in [2.75, 3.05) is 0 Å². The van der Waals surface area contributed by atoms with Crippen molar-refractivity contribution in [1.82, 2.24) is 0 Å². The van der Waals surface area contributed by atoms with Gasteiger partial charge in [-0.05, 0) is 24.8 Å². The van der Waals surface area contributed by atoms with Crippen LogP contribution in [0.15, 0.2) is 22.8 Å². The zero-order valence-corrected chi connectivity index (χ0v) is 7.26. The molecule has 1 aliphatic rings. The third-order valence-electron chi connectivity index (χ3n) is 2.09. The Kier molecular flexibility index (Phi) is 2.31. The van der Waals surface area contributed by atoms with Crippen LogP contribution in [-0.4, -0.2) is 0 Å². The first-order valence-corrected chi connectivity index (χ1v) is 3.91. The van der Waals surface area contributed by atoms with E-state index < -0.39 is 0 Å². The highest BCUT2D eigenvalue weighted by molar-refractivity contribution is 5.50. The maximum Gasteiger partial charge on any atom is 0.0991 e. The molecule has 0 bridgehead atoms. The van der Waals surface area contributed by atoms with E-state index in [1.54, 1.807) is 0 Å². The zero-order chi connectivity index (χ0) is 9.14. The summed E-state index contributed by atoms with van der Waals surface area (Å²) in [5.41, 5.74) is 2.25. The van der Waals surface area contributed by atoms with E-state index >= 15 is 0 Å². The van der Waals surface area contributed by atoms with Crippen molar-refractivity contribution in [3.63, 3.8) is 0 Å². The van der Waals surface area contributed by atoms with Gasteiger partial charge in [-0.15, -0.1) is 0 Å².